The van der Waals surface area contributed by atoms with Crippen LogP contribution in [0.25, 0.3) is 0 Å². The van der Waals surface area contributed by atoms with E-state index < -0.39 is 5.97 Å². The molecule has 3 fully saturated rings. The highest BCUT2D eigenvalue weighted by Crippen LogP contribution is 2.43. The Kier molecular flexibility index (Phi) is 3.82. The fraction of sp³-hybridized carbons (Fsp3) is 0.867. The van der Waals surface area contributed by atoms with Crippen molar-refractivity contribution in [3.8, 4) is 0 Å². The number of carboxylic acids is 1. The molecule has 2 amide bonds. The number of nitrogens with zero attached hydrogens (tertiary/aromatic N) is 1. The number of aliphatic hydroxyl groups excluding tert-OH is 1. The molecular formula is C15H24N2O4. The van der Waals surface area contributed by atoms with Gasteiger partial charge in [0, 0.05) is 25.6 Å². The van der Waals surface area contributed by atoms with Gasteiger partial charge in [-0.3, -0.25) is 4.79 Å². The van der Waals surface area contributed by atoms with E-state index in [1.54, 1.807) is 4.90 Å². The molecule has 6 nitrogen and oxygen atoms in total. The fourth-order valence-corrected chi connectivity index (χ4v) is 4.19. The minimum Gasteiger partial charge on any atom is -0.481 e. The smallest absolute Gasteiger partial charge is 0.317 e. The van der Waals surface area contributed by atoms with Gasteiger partial charge in [0.15, 0.2) is 0 Å². The maximum atomic E-state index is 12.2. The Labute approximate surface area is 124 Å². The molecular weight excluding hydrogens is 272 g/mol. The molecule has 3 aliphatic rings. The molecule has 2 saturated carbocycles. The summed E-state index contributed by atoms with van der Waals surface area (Å²) in [5, 5.41) is 21.8. The molecule has 1 aliphatic heterocycles. The van der Waals surface area contributed by atoms with E-state index in [0.29, 0.717) is 19.0 Å². The molecule has 0 aromatic heterocycles. The summed E-state index contributed by atoms with van der Waals surface area (Å²) in [6.45, 7) is 1.80. The SMILES string of the molecule is O=C(O)CC1(CNC(=O)N2CC3CCC(O)C3C2)CCC1. The zero-order valence-electron chi connectivity index (χ0n) is 12.3. The second kappa shape index (κ2) is 5.48. The third-order valence-electron chi connectivity index (χ3n) is 5.66. The van der Waals surface area contributed by atoms with Crippen molar-refractivity contribution in [1.82, 2.24) is 10.2 Å². The molecule has 0 aromatic carbocycles. The van der Waals surface area contributed by atoms with Gasteiger partial charge in [-0.2, -0.15) is 0 Å². The number of aliphatic hydroxyl groups is 1. The summed E-state index contributed by atoms with van der Waals surface area (Å²) in [6, 6.07) is -0.103. The Balaban J connectivity index is 1.50. The molecule has 0 radical (unpaired) electrons. The van der Waals surface area contributed by atoms with Gasteiger partial charge in [-0.05, 0) is 37.0 Å². The summed E-state index contributed by atoms with van der Waals surface area (Å²) in [7, 11) is 0. The standard InChI is InChI=1S/C15H24N2O4/c18-12-3-2-10-7-17(8-11(10)12)14(21)16-9-15(4-1-5-15)6-13(19)20/h10-12,18H,1-9H2,(H,16,21)(H,19,20). The lowest BCUT2D eigenvalue weighted by Crippen LogP contribution is -2.47. The van der Waals surface area contributed by atoms with E-state index >= 15 is 0 Å². The lowest BCUT2D eigenvalue weighted by molar-refractivity contribution is -0.141. The van der Waals surface area contributed by atoms with Crippen LogP contribution in [-0.4, -0.2) is 52.9 Å². The third kappa shape index (κ3) is 2.86. The fourth-order valence-electron chi connectivity index (χ4n) is 4.19. The topological polar surface area (TPSA) is 89.9 Å². The average molecular weight is 296 g/mol. The third-order valence-corrected chi connectivity index (χ3v) is 5.66. The van der Waals surface area contributed by atoms with Crippen molar-refractivity contribution in [1.29, 1.82) is 0 Å². The van der Waals surface area contributed by atoms with Gasteiger partial charge in [-0.1, -0.05) is 6.42 Å². The van der Waals surface area contributed by atoms with Crippen molar-refractivity contribution in [2.24, 2.45) is 17.3 Å². The molecule has 0 spiro atoms. The van der Waals surface area contributed by atoms with Gasteiger partial charge in [-0.25, -0.2) is 4.79 Å². The number of urea groups is 1. The minimum absolute atomic E-state index is 0.103. The number of aliphatic carboxylic acids is 1. The maximum Gasteiger partial charge on any atom is 0.317 e. The number of nitrogens with one attached hydrogen (secondary N) is 1. The van der Waals surface area contributed by atoms with Crippen molar-refractivity contribution in [2.45, 2.75) is 44.6 Å². The summed E-state index contributed by atoms with van der Waals surface area (Å²) in [5.41, 5.74) is -0.239. The molecule has 2 aliphatic carbocycles. The number of hydrogen-bond acceptors (Lipinski definition) is 3. The van der Waals surface area contributed by atoms with Crippen molar-refractivity contribution in [3.05, 3.63) is 0 Å². The molecule has 1 saturated heterocycles. The van der Waals surface area contributed by atoms with Crippen LogP contribution in [0.4, 0.5) is 4.79 Å². The van der Waals surface area contributed by atoms with Crippen molar-refractivity contribution in [2.75, 3.05) is 19.6 Å². The van der Waals surface area contributed by atoms with Gasteiger partial charge in [0.2, 0.25) is 0 Å². The first-order chi connectivity index (χ1) is 9.99. The van der Waals surface area contributed by atoms with Crippen LogP contribution in [-0.2, 0) is 4.79 Å². The summed E-state index contributed by atoms with van der Waals surface area (Å²) in [5.74, 6) is -0.127. The molecule has 21 heavy (non-hydrogen) atoms. The molecule has 3 rings (SSSR count). The van der Waals surface area contributed by atoms with Crippen molar-refractivity contribution >= 4 is 12.0 Å². The van der Waals surface area contributed by atoms with Gasteiger partial charge in [-0.15, -0.1) is 0 Å². The van der Waals surface area contributed by atoms with Gasteiger partial charge < -0.3 is 20.4 Å². The number of carbonyl (C=O) groups is 2. The van der Waals surface area contributed by atoms with Gasteiger partial charge >= 0.3 is 12.0 Å². The molecule has 6 heteroatoms. The number of hydrogen-bond donors (Lipinski definition) is 3. The molecule has 0 aromatic rings. The highest BCUT2D eigenvalue weighted by molar-refractivity contribution is 5.75. The molecule has 0 bridgehead atoms. The van der Waals surface area contributed by atoms with E-state index in [1.807, 2.05) is 0 Å². The second-order valence-corrected chi connectivity index (χ2v) is 7.06. The summed E-state index contributed by atoms with van der Waals surface area (Å²) in [6.07, 6.45) is 4.52. The van der Waals surface area contributed by atoms with Crippen LogP contribution >= 0.6 is 0 Å². The Bertz CT molecular complexity index is 435. The first-order valence-electron chi connectivity index (χ1n) is 7.92. The van der Waals surface area contributed by atoms with Gasteiger partial charge in [0.05, 0.1) is 12.5 Å². The van der Waals surface area contributed by atoms with E-state index in [2.05, 4.69) is 5.32 Å². The molecule has 3 unspecified atom stereocenters. The lowest BCUT2D eigenvalue weighted by atomic mass is 9.66. The highest BCUT2D eigenvalue weighted by atomic mass is 16.4. The van der Waals surface area contributed by atoms with Crippen LogP contribution in [0, 0.1) is 17.3 Å². The number of carbonyl (C=O) groups excluding carboxylic acids is 1. The number of carboxylic acid groups (broad SMARTS) is 1. The van der Waals surface area contributed by atoms with Crippen LogP contribution in [0.2, 0.25) is 0 Å². The quantitative estimate of drug-likeness (QED) is 0.723. The predicted molar refractivity (Wildman–Crippen MR) is 75.7 cm³/mol. The maximum absolute atomic E-state index is 12.2. The largest absolute Gasteiger partial charge is 0.481 e. The Morgan fingerprint density at radius 3 is 2.57 bits per heavy atom. The number of amides is 2. The first-order valence-corrected chi connectivity index (χ1v) is 7.92. The van der Waals surface area contributed by atoms with E-state index in [9.17, 15) is 14.7 Å². The van der Waals surface area contributed by atoms with Crippen LogP contribution in [0.3, 0.4) is 0 Å². The Morgan fingerprint density at radius 1 is 1.24 bits per heavy atom. The summed E-state index contributed by atoms with van der Waals surface area (Å²) in [4.78, 5) is 25.0. The number of rotatable bonds is 4. The molecule has 118 valence electrons. The highest BCUT2D eigenvalue weighted by Gasteiger charge is 2.44. The average Bonchev–Trinajstić information content (AvgIpc) is 2.94. The number of fused-ring (bicyclic) bond motifs is 1. The van der Waals surface area contributed by atoms with Gasteiger partial charge in [0.1, 0.15) is 0 Å². The van der Waals surface area contributed by atoms with Crippen LogP contribution in [0.15, 0.2) is 0 Å². The van der Waals surface area contributed by atoms with Crippen molar-refractivity contribution in [3.63, 3.8) is 0 Å². The Hall–Kier alpha value is -1.30. The van der Waals surface area contributed by atoms with E-state index in [1.165, 1.54) is 0 Å². The van der Waals surface area contributed by atoms with E-state index in [0.717, 1.165) is 38.6 Å². The van der Waals surface area contributed by atoms with E-state index in [-0.39, 0.29) is 29.9 Å². The molecule has 3 N–H and O–H groups in total. The second-order valence-electron chi connectivity index (χ2n) is 7.06. The van der Waals surface area contributed by atoms with Crippen molar-refractivity contribution < 1.29 is 19.8 Å². The predicted octanol–water partition coefficient (Wildman–Crippen LogP) is 1.04. The Morgan fingerprint density at radius 2 is 2.00 bits per heavy atom. The summed E-state index contributed by atoms with van der Waals surface area (Å²) < 4.78 is 0. The van der Waals surface area contributed by atoms with Crippen LogP contribution < -0.4 is 5.32 Å². The number of likely N-dealkylation sites (tertiary alicyclic amines) is 1. The summed E-state index contributed by atoms with van der Waals surface area (Å²) >= 11 is 0. The molecule has 1 heterocycles. The van der Waals surface area contributed by atoms with Crippen LogP contribution in [0.1, 0.15) is 38.5 Å². The van der Waals surface area contributed by atoms with Gasteiger partial charge in [0.25, 0.3) is 0 Å². The monoisotopic (exact) mass is 296 g/mol. The zero-order valence-corrected chi connectivity index (χ0v) is 12.3. The first kappa shape index (κ1) is 14.6. The lowest BCUT2D eigenvalue weighted by Gasteiger charge is -2.41. The minimum atomic E-state index is -0.789. The van der Waals surface area contributed by atoms with E-state index in [4.69, 9.17) is 5.11 Å². The normalized spacial score (nSPS) is 33.4. The molecule has 3 atom stereocenters. The zero-order chi connectivity index (χ0) is 15.0. The van der Waals surface area contributed by atoms with Crippen LogP contribution in [0.5, 0.6) is 0 Å².